The number of hydrogen-bond donors (Lipinski definition) is 2. The Morgan fingerprint density at radius 1 is 1.45 bits per heavy atom. The van der Waals surface area contributed by atoms with Crippen LogP contribution in [0.1, 0.15) is 0 Å². The second kappa shape index (κ2) is 4.40. The Morgan fingerprint density at radius 2 is 1.91 bits per heavy atom. The van der Waals surface area contributed by atoms with Gasteiger partial charge in [0.2, 0.25) is 0 Å². The van der Waals surface area contributed by atoms with Crippen molar-refractivity contribution in [2.24, 2.45) is 17.4 Å². The van der Waals surface area contributed by atoms with Gasteiger partial charge >= 0.3 is 0 Å². The zero-order valence-electron chi connectivity index (χ0n) is 5.82. The van der Waals surface area contributed by atoms with Gasteiger partial charge < -0.3 is 11.5 Å². The first kappa shape index (κ1) is 9.57. The van der Waals surface area contributed by atoms with Crippen molar-refractivity contribution in [1.29, 1.82) is 10.5 Å². The van der Waals surface area contributed by atoms with E-state index in [2.05, 4.69) is 0 Å². The molecule has 0 fully saturated rings. The Balaban J connectivity index is 4.27. The first-order valence-corrected chi connectivity index (χ1v) is 2.96. The van der Waals surface area contributed by atoms with E-state index in [1.54, 1.807) is 0 Å². The van der Waals surface area contributed by atoms with E-state index in [1.165, 1.54) is 12.1 Å². The molecule has 0 aliphatic carbocycles. The molecule has 0 saturated carbocycles. The molecule has 0 bridgehead atoms. The first-order valence-electron chi connectivity index (χ1n) is 2.96. The molecular formula is C6H8N4O. The van der Waals surface area contributed by atoms with E-state index >= 15 is 0 Å². The van der Waals surface area contributed by atoms with Crippen LogP contribution in [0.4, 0.5) is 0 Å². The Hall–Kier alpha value is -1.43. The van der Waals surface area contributed by atoms with Gasteiger partial charge in [-0.1, -0.05) is 0 Å². The van der Waals surface area contributed by atoms with Crippen LogP contribution in [-0.2, 0) is 4.79 Å². The quantitative estimate of drug-likeness (QED) is 0.510. The third kappa shape index (κ3) is 2.34. The van der Waals surface area contributed by atoms with Crippen LogP contribution in [0.5, 0.6) is 0 Å². The van der Waals surface area contributed by atoms with Crippen LogP contribution in [-0.4, -0.2) is 18.4 Å². The molecule has 0 aromatic heterocycles. The first-order chi connectivity index (χ1) is 5.17. The lowest BCUT2D eigenvalue weighted by atomic mass is 10.0. The van der Waals surface area contributed by atoms with Crippen molar-refractivity contribution < 1.29 is 4.79 Å². The van der Waals surface area contributed by atoms with E-state index in [-0.39, 0.29) is 6.54 Å². The van der Waals surface area contributed by atoms with E-state index in [9.17, 15) is 4.79 Å². The molecule has 0 saturated heterocycles. The Morgan fingerprint density at radius 3 is 2.18 bits per heavy atom. The third-order valence-electron chi connectivity index (χ3n) is 1.16. The number of hydrogen-bond acceptors (Lipinski definition) is 5. The van der Waals surface area contributed by atoms with E-state index in [4.69, 9.17) is 22.0 Å². The van der Waals surface area contributed by atoms with E-state index in [0.29, 0.717) is 0 Å². The van der Waals surface area contributed by atoms with Crippen LogP contribution in [0.3, 0.4) is 0 Å². The number of carbonyl (C=O) groups is 1. The highest BCUT2D eigenvalue weighted by atomic mass is 16.1. The lowest BCUT2D eigenvalue weighted by molar-refractivity contribution is -0.121. The summed E-state index contributed by atoms with van der Waals surface area (Å²) in [5, 5.41) is 16.5. The molecule has 11 heavy (non-hydrogen) atoms. The molecule has 5 nitrogen and oxygen atoms in total. The monoisotopic (exact) mass is 152 g/mol. The zero-order chi connectivity index (χ0) is 8.85. The summed E-state index contributed by atoms with van der Waals surface area (Å²) in [6, 6.07) is 2.14. The predicted molar refractivity (Wildman–Crippen MR) is 36.8 cm³/mol. The van der Waals surface area contributed by atoms with Gasteiger partial charge in [-0.05, 0) is 0 Å². The summed E-state index contributed by atoms with van der Waals surface area (Å²) >= 11 is 0. The summed E-state index contributed by atoms with van der Waals surface area (Å²) in [7, 11) is 0. The van der Waals surface area contributed by atoms with Crippen LogP contribution in [0, 0.1) is 28.6 Å². The number of carbonyl (C=O) groups excluding carboxylic acids is 1. The van der Waals surface area contributed by atoms with Crippen LogP contribution < -0.4 is 11.5 Å². The lowest BCUT2D eigenvalue weighted by Gasteiger charge is -2.05. The van der Waals surface area contributed by atoms with Gasteiger partial charge in [-0.3, -0.25) is 4.79 Å². The normalized spacial score (nSPS) is 11.7. The second-order valence-electron chi connectivity index (χ2n) is 1.94. The molecule has 58 valence electrons. The van der Waals surface area contributed by atoms with Gasteiger partial charge in [0.15, 0.2) is 11.7 Å². The molecule has 0 heterocycles. The van der Waals surface area contributed by atoms with Crippen LogP contribution in [0.25, 0.3) is 0 Å². The number of ketones is 1. The van der Waals surface area contributed by atoms with Crippen molar-refractivity contribution in [1.82, 2.24) is 0 Å². The number of rotatable bonds is 3. The van der Waals surface area contributed by atoms with Gasteiger partial charge in [0, 0.05) is 6.54 Å². The van der Waals surface area contributed by atoms with Gasteiger partial charge in [0.1, 0.15) is 0 Å². The molecule has 0 aromatic rings. The van der Waals surface area contributed by atoms with E-state index < -0.39 is 17.7 Å². The maximum absolute atomic E-state index is 10.9. The fourth-order valence-corrected chi connectivity index (χ4v) is 0.486. The summed E-state index contributed by atoms with van der Waals surface area (Å²) in [5.41, 5.74) is 10.2. The average molecular weight is 152 g/mol. The Labute approximate surface area is 64.2 Å². The largest absolute Gasteiger partial charge is 0.328 e. The molecule has 0 aromatic carbocycles. The zero-order valence-corrected chi connectivity index (χ0v) is 5.82. The third-order valence-corrected chi connectivity index (χ3v) is 1.16. The molecule has 0 spiro atoms. The molecule has 1 atom stereocenters. The molecule has 1 unspecified atom stereocenters. The number of nitriles is 2. The van der Waals surface area contributed by atoms with E-state index in [0.717, 1.165) is 0 Å². The summed E-state index contributed by atoms with van der Waals surface area (Å²) in [5.74, 6) is -1.90. The van der Waals surface area contributed by atoms with Crippen molar-refractivity contribution >= 4 is 5.78 Å². The molecular weight excluding hydrogens is 144 g/mol. The highest BCUT2D eigenvalue weighted by Crippen LogP contribution is 1.96. The average Bonchev–Trinajstić information content (AvgIpc) is 2.05. The van der Waals surface area contributed by atoms with Crippen LogP contribution in [0.15, 0.2) is 0 Å². The second-order valence-corrected chi connectivity index (χ2v) is 1.94. The summed E-state index contributed by atoms with van der Waals surface area (Å²) in [6.07, 6.45) is 0. The molecule has 0 aliphatic heterocycles. The SMILES string of the molecule is N#CC(C#N)C(=O)C(N)CN. The van der Waals surface area contributed by atoms with E-state index in [1.807, 2.05) is 0 Å². The standard InChI is InChI=1S/C6H8N4O/c7-1-4(2-8)6(11)5(10)3-9/h4-5H,3,9-10H2. The molecule has 0 amide bonds. The smallest absolute Gasteiger partial charge is 0.192 e. The van der Waals surface area contributed by atoms with Gasteiger partial charge in [-0.15, -0.1) is 0 Å². The van der Waals surface area contributed by atoms with Crippen molar-refractivity contribution in [3.8, 4) is 12.1 Å². The highest BCUT2D eigenvalue weighted by Gasteiger charge is 2.22. The topological polar surface area (TPSA) is 117 Å². The summed E-state index contributed by atoms with van der Waals surface area (Å²) < 4.78 is 0. The maximum Gasteiger partial charge on any atom is 0.192 e. The summed E-state index contributed by atoms with van der Waals surface area (Å²) in [6.45, 7) is -0.0430. The minimum absolute atomic E-state index is 0.0430. The van der Waals surface area contributed by atoms with Crippen LogP contribution in [0.2, 0.25) is 0 Å². The van der Waals surface area contributed by atoms with Gasteiger partial charge in [0.05, 0.1) is 18.2 Å². The predicted octanol–water partition coefficient (Wildman–Crippen LogP) is -1.50. The minimum Gasteiger partial charge on any atom is -0.328 e. The number of Topliss-reactive ketones (excluding diaryl/α,β-unsaturated/α-hetero) is 1. The molecule has 0 aliphatic rings. The van der Waals surface area contributed by atoms with Gasteiger partial charge in [0.25, 0.3) is 0 Å². The number of nitrogens with two attached hydrogens (primary N) is 2. The Bertz CT molecular complexity index is 210. The Kier molecular flexibility index (Phi) is 3.82. The molecule has 4 N–H and O–H groups in total. The maximum atomic E-state index is 10.9. The molecule has 0 radical (unpaired) electrons. The lowest BCUT2D eigenvalue weighted by Crippen LogP contribution is -2.40. The minimum atomic E-state index is -1.28. The highest BCUT2D eigenvalue weighted by molar-refractivity contribution is 5.90. The summed E-state index contributed by atoms with van der Waals surface area (Å²) in [4.78, 5) is 10.9. The van der Waals surface area contributed by atoms with Crippen molar-refractivity contribution in [3.05, 3.63) is 0 Å². The van der Waals surface area contributed by atoms with Crippen molar-refractivity contribution in [3.63, 3.8) is 0 Å². The molecule has 5 heteroatoms. The van der Waals surface area contributed by atoms with Crippen LogP contribution >= 0.6 is 0 Å². The molecule has 0 rings (SSSR count). The van der Waals surface area contributed by atoms with Crippen molar-refractivity contribution in [2.45, 2.75) is 6.04 Å². The van der Waals surface area contributed by atoms with Gasteiger partial charge in [-0.25, -0.2) is 0 Å². The van der Waals surface area contributed by atoms with Crippen molar-refractivity contribution in [2.75, 3.05) is 6.54 Å². The fourth-order valence-electron chi connectivity index (χ4n) is 0.486. The number of nitrogens with zero attached hydrogens (tertiary/aromatic N) is 2. The van der Waals surface area contributed by atoms with Gasteiger partial charge in [-0.2, -0.15) is 10.5 Å². The fraction of sp³-hybridized carbons (Fsp3) is 0.500.